The molecular weight excluding hydrogens is 491 g/mol. The number of pyridine rings is 1. The molecule has 1 unspecified atom stereocenters. The first-order valence-corrected chi connectivity index (χ1v) is 12.4. The molecule has 3 aromatic heterocycles. The normalized spacial score (nSPS) is 12.7. The second-order valence-corrected chi connectivity index (χ2v) is 9.02. The van der Waals surface area contributed by atoms with Crippen molar-refractivity contribution >= 4 is 40.3 Å². The standard InChI is InChI=1S/C27H23FN6O2S/c1-3-20(18-10-16(11-19(28)12-18)15-31-37(35)36)21-14-25(32-27(21)29-2)26-22-13-17(7-8-24(22)33-34-26)23-6-4-5-9-30-23/h3-14,31-32H,2,15H2,1H3,(H,33,34)(H,35,36)/p-1/b20-3-. The van der Waals surface area contributed by atoms with Gasteiger partial charge < -0.3 is 9.54 Å². The molecule has 0 saturated carbocycles. The molecular formula is C27H22FN6O2S-. The number of halogens is 1. The van der Waals surface area contributed by atoms with Gasteiger partial charge in [0.2, 0.25) is 0 Å². The molecule has 0 radical (unpaired) electrons. The predicted molar refractivity (Wildman–Crippen MR) is 143 cm³/mol. The number of aromatic nitrogens is 4. The Morgan fingerprint density at radius 2 is 2.08 bits per heavy atom. The lowest BCUT2D eigenvalue weighted by molar-refractivity contribution is 0.522. The lowest BCUT2D eigenvalue weighted by atomic mass is 9.96. The Morgan fingerprint density at radius 3 is 2.81 bits per heavy atom. The van der Waals surface area contributed by atoms with Crippen LogP contribution in [0.4, 0.5) is 10.2 Å². The number of rotatable bonds is 8. The number of hydrogen-bond acceptors (Lipinski definition) is 5. The molecule has 2 aromatic carbocycles. The van der Waals surface area contributed by atoms with Crippen molar-refractivity contribution in [3.63, 3.8) is 0 Å². The molecule has 8 nitrogen and oxygen atoms in total. The first kappa shape index (κ1) is 24.4. The van der Waals surface area contributed by atoms with Crippen molar-refractivity contribution < 1.29 is 13.2 Å². The van der Waals surface area contributed by atoms with E-state index in [0.29, 0.717) is 39.5 Å². The minimum Gasteiger partial charge on any atom is -0.760 e. The summed E-state index contributed by atoms with van der Waals surface area (Å²) < 4.78 is 38.5. The van der Waals surface area contributed by atoms with E-state index in [2.05, 4.69) is 36.6 Å². The van der Waals surface area contributed by atoms with Crippen LogP contribution in [-0.4, -0.2) is 35.6 Å². The fraction of sp³-hybridized carbons (Fsp3) is 0.0741. The Bertz CT molecular complexity index is 1660. The molecule has 10 heteroatoms. The molecule has 186 valence electrons. The zero-order valence-corrected chi connectivity index (χ0v) is 20.6. The second-order valence-electron chi connectivity index (χ2n) is 8.26. The number of hydrogen-bond donors (Lipinski definition) is 3. The van der Waals surface area contributed by atoms with Crippen molar-refractivity contribution in [3.8, 4) is 22.6 Å². The molecule has 3 N–H and O–H groups in total. The smallest absolute Gasteiger partial charge is 0.137 e. The molecule has 0 aliphatic heterocycles. The number of aliphatic imine (C=N–C) groups is 1. The van der Waals surface area contributed by atoms with Gasteiger partial charge in [0.25, 0.3) is 0 Å². The molecule has 0 aliphatic carbocycles. The van der Waals surface area contributed by atoms with Crippen LogP contribution in [0.3, 0.4) is 0 Å². The number of nitrogens with one attached hydrogen (secondary N) is 3. The van der Waals surface area contributed by atoms with E-state index in [-0.39, 0.29) is 6.54 Å². The Balaban J connectivity index is 1.57. The van der Waals surface area contributed by atoms with Gasteiger partial charge in [-0.2, -0.15) is 5.10 Å². The summed E-state index contributed by atoms with van der Waals surface area (Å²) in [4.78, 5) is 11.9. The fourth-order valence-corrected chi connectivity index (χ4v) is 4.63. The SMILES string of the molecule is C=Nc1[nH]c(-c2n[nH]c3ccc(-c4ccccn4)cc23)cc1/C(=C\C)c1cc(F)cc(CNS(=O)[O-])c1. The third kappa shape index (κ3) is 5.03. The summed E-state index contributed by atoms with van der Waals surface area (Å²) in [6, 6.07) is 18.1. The van der Waals surface area contributed by atoms with Crippen LogP contribution >= 0.6 is 0 Å². The molecule has 0 bridgehead atoms. The highest BCUT2D eigenvalue weighted by Gasteiger charge is 2.18. The van der Waals surface area contributed by atoms with Gasteiger partial charge in [0, 0.05) is 40.5 Å². The third-order valence-corrected chi connectivity index (χ3v) is 6.36. The van der Waals surface area contributed by atoms with Gasteiger partial charge in [-0.25, -0.2) is 14.1 Å². The summed E-state index contributed by atoms with van der Waals surface area (Å²) in [5.41, 5.74) is 6.57. The van der Waals surface area contributed by atoms with Gasteiger partial charge in [0.1, 0.15) is 17.3 Å². The van der Waals surface area contributed by atoms with Crippen LogP contribution in [-0.2, 0) is 17.8 Å². The zero-order valence-electron chi connectivity index (χ0n) is 19.8. The first-order valence-electron chi connectivity index (χ1n) is 11.4. The topological polar surface area (TPSA) is 122 Å². The number of allylic oxidation sites excluding steroid dienone is 1. The number of benzene rings is 2. The highest BCUT2D eigenvalue weighted by atomic mass is 32.2. The molecule has 5 aromatic rings. The minimum absolute atomic E-state index is 0.0271. The Morgan fingerprint density at radius 1 is 1.22 bits per heavy atom. The van der Waals surface area contributed by atoms with Crippen LogP contribution in [0.2, 0.25) is 0 Å². The van der Waals surface area contributed by atoms with Crippen molar-refractivity contribution in [1.82, 2.24) is 24.9 Å². The summed E-state index contributed by atoms with van der Waals surface area (Å²) in [6.45, 7) is 5.51. The molecule has 0 spiro atoms. The maximum atomic E-state index is 14.5. The van der Waals surface area contributed by atoms with Crippen molar-refractivity contribution in [2.45, 2.75) is 13.5 Å². The van der Waals surface area contributed by atoms with E-state index in [1.807, 2.05) is 55.5 Å². The summed E-state index contributed by atoms with van der Waals surface area (Å²) in [5, 5.41) is 8.50. The Hall–Kier alpha value is -4.25. The minimum atomic E-state index is -2.45. The highest BCUT2D eigenvalue weighted by Crippen LogP contribution is 2.37. The molecule has 3 heterocycles. The van der Waals surface area contributed by atoms with Crippen LogP contribution < -0.4 is 4.72 Å². The van der Waals surface area contributed by atoms with Crippen LogP contribution in [0.1, 0.15) is 23.6 Å². The largest absolute Gasteiger partial charge is 0.760 e. The van der Waals surface area contributed by atoms with Crippen molar-refractivity contribution in [1.29, 1.82) is 0 Å². The van der Waals surface area contributed by atoms with Gasteiger partial charge in [-0.3, -0.25) is 14.3 Å². The Labute approximate surface area is 214 Å². The van der Waals surface area contributed by atoms with Crippen LogP contribution in [0.5, 0.6) is 0 Å². The van der Waals surface area contributed by atoms with E-state index in [9.17, 15) is 13.2 Å². The summed E-state index contributed by atoms with van der Waals surface area (Å²) >= 11 is -2.45. The third-order valence-electron chi connectivity index (χ3n) is 5.98. The summed E-state index contributed by atoms with van der Waals surface area (Å²) in [6.07, 6.45) is 3.60. The molecule has 1 atom stereocenters. The van der Waals surface area contributed by atoms with Crippen LogP contribution in [0.15, 0.2) is 77.9 Å². The second kappa shape index (κ2) is 10.4. The molecule has 0 fully saturated rings. The first-order chi connectivity index (χ1) is 18.0. The number of nitrogens with zero attached hydrogens (tertiary/aromatic N) is 3. The number of aromatic amines is 2. The molecule has 0 saturated heterocycles. The van der Waals surface area contributed by atoms with E-state index in [4.69, 9.17) is 0 Å². The summed E-state index contributed by atoms with van der Waals surface area (Å²) in [7, 11) is 0. The number of H-pyrrole nitrogens is 2. The van der Waals surface area contributed by atoms with Gasteiger partial charge >= 0.3 is 0 Å². The van der Waals surface area contributed by atoms with E-state index >= 15 is 0 Å². The molecule has 0 aliphatic rings. The predicted octanol–water partition coefficient (Wildman–Crippen LogP) is 5.43. The molecule has 37 heavy (non-hydrogen) atoms. The summed E-state index contributed by atoms with van der Waals surface area (Å²) in [5.74, 6) is 0.0271. The van der Waals surface area contributed by atoms with Crippen LogP contribution in [0.25, 0.3) is 39.1 Å². The highest BCUT2D eigenvalue weighted by molar-refractivity contribution is 7.77. The van der Waals surface area contributed by atoms with Gasteiger partial charge in [0.05, 0.1) is 16.9 Å². The van der Waals surface area contributed by atoms with Gasteiger partial charge in [0.15, 0.2) is 0 Å². The fourth-order valence-electron chi connectivity index (χ4n) is 4.34. The van der Waals surface area contributed by atoms with Crippen molar-refractivity contribution in [2.75, 3.05) is 0 Å². The van der Waals surface area contributed by atoms with Gasteiger partial charge in [-0.1, -0.05) is 18.2 Å². The van der Waals surface area contributed by atoms with Crippen molar-refractivity contribution in [3.05, 3.63) is 95.4 Å². The quantitative estimate of drug-likeness (QED) is 0.189. The molecule has 0 amide bonds. The van der Waals surface area contributed by atoms with E-state index < -0.39 is 17.1 Å². The Kier molecular flexibility index (Phi) is 6.87. The van der Waals surface area contributed by atoms with Gasteiger partial charge in [-0.05, 0) is 78.9 Å². The maximum absolute atomic E-state index is 14.5. The lowest BCUT2D eigenvalue weighted by Gasteiger charge is -2.11. The maximum Gasteiger partial charge on any atom is 0.137 e. The van der Waals surface area contributed by atoms with E-state index in [1.165, 1.54) is 12.1 Å². The van der Waals surface area contributed by atoms with Crippen molar-refractivity contribution in [2.24, 2.45) is 4.99 Å². The van der Waals surface area contributed by atoms with E-state index in [1.54, 1.807) is 12.3 Å². The zero-order chi connectivity index (χ0) is 25.9. The average Bonchev–Trinajstić information content (AvgIpc) is 3.52. The van der Waals surface area contributed by atoms with Gasteiger partial charge in [-0.15, -0.1) is 0 Å². The molecule has 5 rings (SSSR count). The monoisotopic (exact) mass is 513 g/mol. The lowest BCUT2D eigenvalue weighted by Crippen LogP contribution is -2.15. The average molecular weight is 514 g/mol. The number of fused-ring (bicyclic) bond motifs is 1. The van der Waals surface area contributed by atoms with Crippen LogP contribution in [0, 0.1) is 5.82 Å². The van der Waals surface area contributed by atoms with E-state index in [0.717, 1.165) is 22.2 Å².